The number of aromatic nitrogens is 1. The van der Waals surface area contributed by atoms with Crippen molar-refractivity contribution in [3.05, 3.63) is 22.8 Å². The maximum absolute atomic E-state index is 11.9. The number of nitrogens with zero attached hydrogens (tertiary/aromatic N) is 1. The highest BCUT2D eigenvalue weighted by molar-refractivity contribution is 6.32. The van der Waals surface area contributed by atoms with Crippen LogP contribution in [0.4, 0.5) is 0 Å². The fraction of sp³-hybridized carbons (Fsp3) is 0.571. The van der Waals surface area contributed by atoms with Crippen LogP contribution >= 0.6 is 11.6 Å². The summed E-state index contributed by atoms with van der Waals surface area (Å²) in [4.78, 5) is 15.9. The van der Waals surface area contributed by atoms with Gasteiger partial charge >= 0.3 is 0 Å². The summed E-state index contributed by atoms with van der Waals surface area (Å²) >= 11 is 5.97. The minimum absolute atomic E-state index is 0.210. The molecule has 20 heavy (non-hydrogen) atoms. The maximum atomic E-state index is 11.9. The molecule has 1 rings (SSSR count). The number of nitrogens with one attached hydrogen (secondary N) is 1. The molecule has 0 aliphatic rings. The Hall–Kier alpha value is -1.33. The first-order valence-electron chi connectivity index (χ1n) is 6.68. The Kier molecular flexibility index (Phi) is 6.75. The third-order valence-corrected chi connectivity index (χ3v) is 2.86. The Balaban J connectivity index is 2.57. The lowest BCUT2D eigenvalue weighted by atomic mass is 10.1. The van der Waals surface area contributed by atoms with Gasteiger partial charge < -0.3 is 15.2 Å². The molecule has 5 nitrogen and oxygen atoms in total. The van der Waals surface area contributed by atoms with Crippen LogP contribution in [-0.4, -0.2) is 35.3 Å². The number of rotatable bonds is 7. The van der Waals surface area contributed by atoms with Gasteiger partial charge in [-0.3, -0.25) is 4.79 Å². The Morgan fingerprint density at radius 2 is 2.25 bits per heavy atom. The average molecular weight is 301 g/mol. The van der Waals surface area contributed by atoms with Crippen LogP contribution in [0.1, 0.15) is 37.6 Å². The van der Waals surface area contributed by atoms with E-state index in [1.807, 2.05) is 20.8 Å². The van der Waals surface area contributed by atoms with Gasteiger partial charge in [-0.05, 0) is 25.3 Å². The first-order valence-corrected chi connectivity index (χ1v) is 7.06. The van der Waals surface area contributed by atoms with E-state index in [0.717, 1.165) is 0 Å². The van der Waals surface area contributed by atoms with Gasteiger partial charge in [0.25, 0.3) is 5.91 Å². The Morgan fingerprint density at radius 1 is 1.55 bits per heavy atom. The molecule has 1 aromatic heterocycles. The molecule has 1 amide bonds. The van der Waals surface area contributed by atoms with Crippen molar-refractivity contribution in [2.75, 3.05) is 13.2 Å². The van der Waals surface area contributed by atoms with E-state index in [4.69, 9.17) is 16.3 Å². The van der Waals surface area contributed by atoms with Crippen LogP contribution in [0.3, 0.4) is 0 Å². The van der Waals surface area contributed by atoms with Crippen molar-refractivity contribution in [1.29, 1.82) is 0 Å². The van der Waals surface area contributed by atoms with Crippen molar-refractivity contribution in [2.24, 2.45) is 5.92 Å². The van der Waals surface area contributed by atoms with E-state index in [9.17, 15) is 9.90 Å². The second kappa shape index (κ2) is 8.07. The number of carbonyl (C=O) groups is 1. The highest BCUT2D eigenvalue weighted by Gasteiger charge is 2.13. The van der Waals surface area contributed by atoms with E-state index in [-0.39, 0.29) is 12.5 Å². The van der Waals surface area contributed by atoms with Crippen molar-refractivity contribution in [3.63, 3.8) is 0 Å². The first-order chi connectivity index (χ1) is 9.43. The fourth-order valence-electron chi connectivity index (χ4n) is 1.73. The van der Waals surface area contributed by atoms with Crippen molar-refractivity contribution in [3.8, 4) is 5.88 Å². The molecule has 0 bridgehead atoms. The number of hydrogen-bond donors (Lipinski definition) is 2. The molecule has 0 aliphatic carbocycles. The van der Waals surface area contributed by atoms with Crippen LogP contribution in [0.15, 0.2) is 12.3 Å². The van der Waals surface area contributed by atoms with Gasteiger partial charge in [0.2, 0.25) is 5.88 Å². The normalized spacial score (nSPS) is 12.3. The second-order valence-electron chi connectivity index (χ2n) is 4.94. The Labute approximate surface area is 124 Å². The molecular formula is C14H21ClN2O3. The van der Waals surface area contributed by atoms with E-state index in [1.54, 1.807) is 0 Å². The number of carbonyl (C=O) groups excluding carboxylic acids is 1. The molecule has 0 radical (unpaired) electrons. The van der Waals surface area contributed by atoms with Crippen molar-refractivity contribution in [2.45, 2.75) is 33.3 Å². The number of aliphatic hydroxyl groups is 1. The van der Waals surface area contributed by atoms with E-state index >= 15 is 0 Å². The second-order valence-corrected chi connectivity index (χ2v) is 5.34. The summed E-state index contributed by atoms with van der Waals surface area (Å²) in [5.41, 5.74) is 0.343. The fourth-order valence-corrected chi connectivity index (χ4v) is 1.95. The quantitative estimate of drug-likeness (QED) is 0.810. The third kappa shape index (κ3) is 5.35. The number of amides is 1. The lowest BCUT2D eigenvalue weighted by molar-refractivity contribution is 0.0900. The summed E-state index contributed by atoms with van der Waals surface area (Å²) in [7, 11) is 0. The minimum atomic E-state index is -0.551. The lowest BCUT2D eigenvalue weighted by Gasteiger charge is -2.14. The smallest absolute Gasteiger partial charge is 0.252 e. The molecule has 0 saturated heterocycles. The monoisotopic (exact) mass is 300 g/mol. The Morgan fingerprint density at radius 3 is 2.80 bits per heavy atom. The zero-order chi connectivity index (χ0) is 15.1. The summed E-state index contributed by atoms with van der Waals surface area (Å²) in [6.45, 7) is 6.53. The molecule has 0 fully saturated rings. The van der Waals surface area contributed by atoms with Gasteiger partial charge in [0.1, 0.15) is 5.02 Å². The van der Waals surface area contributed by atoms with E-state index < -0.39 is 6.10 Å². The predicted molar refractivity (Wildman–Crippen MR) is 78.2 cm³/mol. The van der Waals surface area contributed by atoms with Gasteiger partial charge in [-0.25, -0.2) is 4.98 Å². The molecule has 6 heteroatoms. The van der Waals surface area contributed by atoms with Crippen LogP contribution in [0.25, 0.3) is 0 Å². The standard InChI is InChI=1S/C14H21ClN2O3/c1-4-20-14-12(15)6-10(7-17-14)13(19)16-8-11(18)5-9(2)3/h6-7,9,11,18H,4-5,8H2,1-3H3,(H,16,19). The molecule has 0 aliphatic heterocycles. The molecule has 1 unspecified atom stereocenters. The van der Waals surface area contributed by atoms with Crippen LogP contribution in [0.2, 0.25) is 5.02 Å². The van der Waals surface area contributed by atoms with Crippen LogP contribution in [0, 0.1) is 5.92 Å². The SMILES string of the molecule is CCOc1ncc(C(=O)NCC(O)CC(C)C)cc1Cl. The zero-order valence-electron chi connectivity index (χ0n) is 12.0. The van der Waals surface area contributed by atoms with Gasteiger partial charge in [0, 0.05) is 12.7 Å². The third-order valence-electron chi connectivity index (χ3n) is 2.59. The van der Waals surface area contributed by atoms with Gasteiger partial charge in [0.15, 0.2) is 0 Å². The Bertz CT molecular complexity index is 452. The van der Waals surface area contributed by atoms with Crippen molar-refractivity contribution < 1.29 is 14.6 Å². The number of pyridine rings is 1. The molecule has 0 aromatic carbocycles. The summed E-state index contributed by atoms with van der Waals surface area (Å²) in [6.07, 6.45) is 1.49. The van der Waals surface area contributed by atoms with Crippen molar-refractivity contribution in [1.82, 2.24) is 10.3 Å². The highest BCUT2D eigenvalue weighted by atomic mass is 35.5. The molecule has 1 atom stereocenters. The van der Waals surface area contributed by atoms with Gasteiger partial charge in [0.05, 0.1) is 18.3 Å². The highest BCUT2D eigenvalue weighted by Crippen LogP contribution is 2.22. The van der Waals surface area contributed by atoms with Gasteiger partial charge in [-0.2, -0.15) is 0 Å². The van der Waals surface area contributed by atoms with E-state index in [0.29, 0.717) is 35.4 Å². The molecule has 2 N–H and O–H groups in total. The van der Waals surface area contributed by atoms with E-state index in [1.165, 1.54) is 12.3 Å². The minimum Gasteiger partial charge on any atom is -0.477 e. The molecule has 0 spiro atoms. The zero-order valence-corrected chi connectivity index (χ0v) is 12.8. The lowest BCUT2D eigenvalue weighted by Crippen LogP contribution is -2.32. The predicted octanol–water partition coefficient (Wildman–Crippen LogP) is 2.27. The molecule has 112 valence electrons. The van der Waals surface area contributed by atoms with Gasteiger partial charge in [-0.15, -0.1) is 0 Å². The van der Waals surface area contributed by atoms with Gasteiger partial charge in [-0.1, -0.05) is 25.4 Å². The number of hydrogen-bond acceptors (Lipinski definition) is 4. The molecule has 1 heterocycles. The van der Waals surface area contributed by atoms with Crippen LogP contribution in [-0.2, 0) is 0 Å². The number of halogens is 1. The number of aliphatic hydroxyl groups excluding tert-OH is 1. The van der Waals surface area contributed by atoms with Crippen LogP contribution < -0.4 is 10.1 Å². The topological polar surface area (TPSA) is 71.5 Å². The average Bonchev–Trinajstić information content (AvgIpc) is 2.37. The summed E-state index contributed by atoms with van der Waals surface area (Å²) in [5, 5.41) is 12.7. The summed E-state index contributed by atoms with van der Waals surface area (Å²) in [5.74, 6) is 0.374. The van der Waals surface area contributed by atoms with Crippen molar-refractivity contribution >= 4 is 17.5 Å². The van der Waals surface area contributed by atoms with E-state index in [2.05, 4.69) is 10.3 Å². The molecule has 1 aromatic rings. The number of ether oxygens (including phenoxy) is 1. The largest absolute Gasteiger partial charge is 0.477 e. The first kappa shape index (κ1) is 16.7. The summed E-state index contributed by atoms with van der Waals surface area (Å²) < 4.78 is 5.20. The maximum Gasteiger partial charge on any atom is 0.252 e. The summed E-state index contributed by atoms with van der Waals surface area (Å²) in [6, 6.07) is 1.50. The molecular weight excluding hydrogens is 280 g/mol. The molecule has 0 saturated carbocycles. The van der Waals surface area contributed by atoms with Crippen LogP contribution in [0.5, 0.6) is 5.88 Å².